The molecule has 0 fully saturated rings. The number of carbonyl (C=O) groups excluding carboxylic acids is 3. The summed E-state index contributed by atoms with van der Waals surface area (Å²) in [7, 11) is 0. The first-order valence-electron chi connectivity index (χ1n) is 34.7. The zero-order valence-corrected chi connectivity index (χ0v) is 54.2. The van der Waals surface area contributed by atoms with Crippen LogP contribution in [0.5, 0.6) is 0 Å². The van der Waals surface area contributed by atoms with Crippen molar-refractivity contribution in [1.29, 1.82) is 0 Å². The Labute approximate surface area is 513 Å². The van der Waals surface area contributed by atoms with Gasteiger partial charge in [0.1, 0.15) is 13.2 Å². The number of carbonyl (C=O) groups is 3. The van der Waals surface area contributed by atoms with Gasteiger partial charge in [0, 0.05) is 19.3 Å². The van der Waals surface area contributed by atoms with Crippen molar-refractivity contribution in [3.05, 3.63) is 134 Å². The average molecular weight is 1150 g/mol. The molecule has 0 amide bonds. The highest BCUT2D eigenvalue weighted by molar-refractivity contribution is 5.71. The Morgan fingerprint density at radius 1 is 0.253 bits per heavy atom. The maximum absolute atomic E-state index is 13.0. The van der Waals surface area contributed by atoms with Crippen LogP contribution in [0.1, 0.15) is 316 Å². The highest BCUT2D eigenvalue weighted by atomic mass is 16.6. The predicted octanol–water partition coefficient (Wildman–Crippen LogP) is 24.1. The molecular weight excluding hydrogens is 1020 g/mol. The topological polar surface area (TPSA) is 78.9 Å². The van der Waals surface area contributed by atoms with Gasteiger partial charge in [-0.3, -0.25) is 14.4 Å². The van der Waals surface area contributed by atoms with Crippen molar-refractivity contribution >= 4 is 17.9 Å². The summed E-state index contributed by atoms with van der Waals surface area (Å²) in [5, 5.41) is 0. The molecule has 6 nitrogen and oxygen atoms in total. The van der Waals surface area contributed by atoms with E-state index in [4.69, 9.17) is 14.2 Å². The fraction of sp³-hybridized carbons (Fsp3) is 0.675. The number of hydrogen-bond donors (Lipinski definition) is 0. The summed E-state index contributed by atoms with van der Waals surface area (Å²) in [6, 6.07) is 0. The van der Waals surface area contributed by atoms with Crippen LogP contribution in [-0.4, -0.2) is 37.2 Å². The highest BCUT2D eigenvalue weighted by Gasteiger charge is 2.19. The number of allylic oxidation sites excluding steroid dienone is 22. The molecule has 0 aliphatic heterocycles. The molecule has 472 valence electrons. The molecule has 0 heterocycles. The monoisotopic (exact) mass is 1150 g/mol. The Morgan fingerprint density at radius 2 is 0.470 bits per heavy atom. The second-order valence-corrected chi connectivity index (χ2v) is 22.7. The van der Waals surface area contributed by atoms with Gasteiger partial charge in [0.25, 0.3) is 0 Å². The summed E-state index contributed by atoms with van der Waals surface area (Å²) in [6.45, 7) is 6.40. The molecule has 6 heteroatoms. The van der Waals surface area contributed by atoms with Gasteiger partial charge in [-0.15, -0.1) is 0 Å². The van der Waals surface area contributed by atoms with E-state index in [-0.39, 0.29) is 31.1 Å². The number of esters is 3. The van der Waals surface area contributed by atoms with Crippen LogP contribution < -0.4 is 0 Å². The molecule has 0 spiro atoms. The van der Waals surface area contributed by atoms with Crippen LogP contribution in [0.3, 0.4) is 0 Å². The van der Waals surface area contributed by atoms with Gasteiger partial charge in [-0.25, -0.2) is 0 Å². The molecule has 83 heavy (non-hydrogen) atoms. The first kappa shape index (κ1) is 78.5. The standard InChI is InChI=1S/C77H128O6/c1-4-7-10-13-16-19-22-25-28-31-34-36-37-38-39-41-43-46-49-52-55-58-61-64-67-70-76(79)82-73-74(72-81-75(78)69-66-63-60-57-54-51-48-45-42-33-30-27-24-21-18-15-12-9-6-3)83-77(80)71-68-65-62-59-56-53-50-47-44-40-35-32-29-26-23-20-17-14-11-8-5-2/h7,9-10,12,16,18-19,21,25,27-28,30,32,34-36,38-39,42,45,51,54,74H,4-6,8,11,13-15,17,20,22-24,26,29,31,33,37,40-41,43-44,46-50,52-53,55-73H2,1-3H3/b10-7-,12-9-,19-16-,21-18-,28-25-,30-27-,35-32-,36-34-,39-38-,45-42-,54-51-. The van der Waals surface area contributed by atoms with Gasteiger partial charge >= 0.3 is 17.9 Å². The molecule has 0 bridgehead atoms. The molecule has 1 atom stereocenters. The van der Waals surface area contributed by atoms with Crippen LogP contribution in [0.2, 0.25) is 0 Å². The quantitative estimate of drug-likeness (QED) is 0.0261. The summed E-state index contributed by atoms with van der Waals surface area (Å²) in [4.78, 5) is 38.5. The maximum Gasteiger partial charge on any atom is 0.306 e. The number of hydrogen-bond acceptors (Lipinski definition) is 6. The van der Waals surface area contributed by atoms with E-state index in [1.165, 1.54) is 141 Å². The van der Waals surface area contributed by atoms with E-state index in [0.717, 1.165) is 135 Å². The number of rotatable bonds is 62. The van der Waals surface area contributed by atoms with Crippen molar-refractivity contribution in [3.63, 3.8) is 0 Å². The smallest absolute Gasteiger partial charge is 0.306 e. The first-order chi connectivity index (χ1) is 41.0. The summed E-state index contributed by atoms with van der Waals surface area (Å²) in [5.41, 5.74) is 0. The Morgan fingerprint density at radius 3 is 0.759 bits per heavy atom. The Balaban J connectivity index is 4.45. The van der Waals surface area contributed by atoms with Gasteiger partial charge in [-0.2, -0.15) is 0 Å². The lowest BCUT2D eigenvalue weighted by Gasteiger charge is -2.18. The molecule has 0 saturated carbocycles. The lowest BCUT2D eigenvalue weighted by Crippen LogP contribution is -2.30. The van der Waals surface area contributed by atoms with Crippen LogP contribution in [0.25, 0.3) is 0 Å². The van der Waals surface area contributed by atoms with E-state index in [0.29, 0.717) is 19.3 Å². The molecule has 0 aromatic carbocycles. The van der Waals surface area contributed by atoms with E-state index in [1.807, 2.05) is 0 Å². The molecule has 0 aliphatic rings. The van der Waals surface area contributed by atoms with Gasteiger partial charge < -0.3 is 14.2 Å². The fourth-order valence-electron chi connectivity index (χ4n) is 9.49. The van der Waals surface area contributed by atoms with Crippen LogP contribution in [0, 0.1) is 0 Å². The largest absolute Gasteiger partial charge is 0.462 e. The predicted molar refractivity (Wildman–Crippen MR) is 362 cm³/mol. The summed E-state index contributed by atoms with van der Waals surface area (Å²) in [6.07, 6.45) is 98.9. The van der Waals surface area contributed by atoms with Crippen LogP contribution in [0.15, 0.2) is 134 Å². The summed E-state index contributed by atoms with van der Waals surface area (Å²) in [5.74, 6) is -0.928. The van der Waals surface area contributed by atoms with Gasteiger partial charge in [-0.1, -0.05) is 296 Å². The third-order valence-corrected chi connectivity index (χ3v) is 14.6. The lowest BCUT2D eigenvalue weighted by atomic mass is 10.1. The van der Waals surface area contributed by atoms with Crippen molar-refractivity contribution in [3.8, 4) is 0 Å². The molecule has 1 unspecified atom stereocenters. The third kappa shape index (κ3) is 68.2. The zero-order valence-electron chi connectivity index (χ0n) is 54.2. The summed E-state index contributed by atoms with van der Waals surface area (Å²) < 4.78 is 17.0. The third-order valence-electron chi connectivity index (χ3n) is 14.6. The van der Waals surface area contributed by atoms with Crippen molar-refractivity contribution in [2.45, 2.75) is 322 Å². The Hall–Kier alpha value is -4.45. The zero-order chi connectivity index (χ0) is 59.9. The second-order valence-electron chi connectivity index (χ2n) is 22.7. The fourth-order valence-corrected chi connectivity index (χ4v) is 9.49. The minimum Gasteiger partial charge on any atom is -0.462 e. The Bertz CT molecular complexity index is 1750. The minimum atomic E-state index is -0.803. The molecule has 0 aromatic rings. The van der Waals surface area contributed by atoms with Crippen LogP contribution in [0.4, 0.5) is 0 Å². The van der Waals surface area contributed by atoms with E-state index in [9.17, 15) is 14.4 Å². The van der Waals surface area contributed by atoms with Crippen molar-refractivity contribution in [1.82, 2.24) is 0 Å². The van der Waals surface area contributed by atoms with E-state index < -0.39 is 6.10 Å². The molecule has 0 N–H and O–H groups in total. The van der Waals surface area contributed by atoms with Gasteiger partial charge in [0.2, 0.25) is 0 Å². The lowest BCUT2D eigenvalue weighted by molar-refractivity contribution is -0.167. The SMILES string of the molecule is CC/C=C\C/C=C\C/C=C\C/C=C\C/C=C\CCCCCCCCCCCC(=O)OCC(COC(=O)CCCCC/C=C\C/C=C\C/C=C\C/C=C\C/C=C\CC)OC(=O)CCCCCCCCCCC/C=C\CCCCCCCCCC. The molecule has 0 rings (SSSR count). The van der Waals surface area contributed by atoms with Crippen molar-refractivity contribution in [2.75, 3.05) is 13.2 Å². The van der Waals surface area contributed by atoms with Gasteiger partial charge in [0.15, 0.2) is 6.10 Å². The molecule has 0 aliphatic carbocycles. The molecule has 0 radical (unpaired) electrons. The number of unbranched alkanes of at least 4 members (excludes halogenated alkanes) is 29. The average Bonchev–Trinajstić information content (AvgIpc) is 3.50. The Kier molecular flexibility index (Phi) is 66.3. The van der Waals surface area contributed by atoms with Crippen LogP contribution >= 0.6 is 0 Å². The van der Waals surface area contributed by atoms with Crippen LogP contribution in [-0.2, 0) is 28.6 Å². The molecule has 0 aromatic heterocycles. The van der Waals surface area contributed by atoms with Crippen molar-refractivity contribution in [2.24, 2.45) is 0 Å². The van der Waals surface area contributed by atoms with E-state index in [2.05, 4.69) is 154 Å². The highest BCUT2D eigenvalue weighted by Crippen LogP contribution is 2.16. The van der Waals surface area contributed by atoms with E-state index >= 15 is 0 Å². The first-order valence-corrected chi connectivity index (χ1v) is 34.7. The van der Waals surface area contributed by atoms with Gasteiger partial charge in [-0.05, 0) is 135 Å². The van der Waals surface area contributed by atoms with Crippen molar-refractivity contribution < 1.29 is 28.6 Å². The summed E-state index contributed by atoms with van der Waals surface area (Å²) >= 11 is 0. The van der Waals surface area contributed by atoms with E-state index in [1.54, 1.807) is 0 Å². The number of ether oxygens (including phenoxy) is 3. The van der Waals surface area contributed by atoms with Gasteiger partial charge in [0.05, 0.1) is 0 Å². The molecule has 0 saturated heterocycles. The minimum absolute atomic E-state index is 0.0955. The second kappa shape index (κ2) is 70.0. The molecular formula is C77H128O6. The maximum atomic E-state index is 13.0. The normalized spacial score (nSPS) is 13.0.